The second-order valence-corrected chi connectivity index (χ2v) is 3.36. The molecule has 0 atom stereocenters. The number of nitrogens with one attached hydrogen (secondary N) is 2. The van der Waals surface area contributed by atoms with E-state index in [1.54, 1.807) is 36.7 Å². The van der Waals surface area contributed by atoms with Crippen LogP contribution >= 0.6 is 0 Å². The number of phenols is 1. The molecule has 2 rings (SSSR count). The fourth-order valence-electron chi connectivity index (χ4n) is 1.25. The summed E-state index contributed by atoms with van der Waals surface area (Å²) in [6.45, 7) is 0. The zero-order valence-corrected chi connectivity index (χ0v) is 8.92. The first kappa shape index (κ1) is 10.9. The van der Waals surface area contributed by atoms with Crippen LogP contribution in [0.2, 0.25) is 0 Å². The van der Waals surface area contributed by atoms with Crippen LogP contribution < -0.4 is 10.9 Å². The Kier molecular flexibility index (Phi) is 3.20. The average Bonchev–Trinajstić information content (AvgIpc) is 2.39. The Balaban J connectivity index is 1.95. The van der Waals surface area contributed by atoms with Crippen molar-refractivity contribution in [2.24, 2.45) is 0 Å². The quantitative estimate of drug-likeness (QED) is 0.551. The van der Waals surface area contributed by atoms with Crippen molar-refractivity contribution < 1.29 is 9.90 Å². The molecule has 5 heteroatoms. The summed E-state index contributed by atoms with van der Waals surface area (Å²) >= 11 is 0. The van der Waals surface area contributed by atoms with Gasteiger partial charge in [-0.05, 0) is 36.4 Å². The first-order valence-electron chi connectivity index (χ1n) is 5.01. The third kappa shape index (κ3) is 2.94. The Morgan fingerprint density at radius 1 is 1.06 bits per heavy atom. The van der Waals surface area contributed by atoms with E-state index in [9.17, 15) is 4.79 Å². The average molecular weight is 229 g/mol. The molecule has 86 valence electrons. The third-order valence-corrected chi connectivity index (χ3v) is 2.13. The Morgan fingerprint density at radius 2 is 1.71 bits per heavy atom. The maximum atomic E-state index is 11.6. The highest BCUT2D eigenvalue weighted by molar-refractivity contribution is 5.94. The van der Waals surface area contributed by atoms with Crippen molar-refractivity contribution in [3.8, 4) is 5.75 Å². The van der Waals surface area contributed by atoms with E-state index in [0.717, 1.165) is 0 Å². The van der Waals surface area contributed by atoms with Crippen LogP contribution in [0.4, 0.5) is 5.69 Å². The number of hydrogen-bond donors (Lipinski definition) is 3. The van der Waals surface area contributed by atoms with Gasteiger partial charge in [-0.15, -0.1) is 0 Å². The summed E-state index contributed by atoms with van der Waals surface area (Å²) in [7, 11) is 0. The minimum atomic E-state index is -0.250. The van der Waals surface area contributed by atoms with E-state index in [4.69, 9.17) is 5.11 Å². The Labute approximate surface area is 98.1 Å². The molecular formula is C12H11N3O2. The van der Waals surface area contributed by atoms with Gasteiger partial charge in [-0.25, -0.2) is 0 Å². The lowest BCUT2D eigenvalue weighted by Crippen LogP contribution is -2.29. The van der Waals surface area contributed by atoms with Crippen molar-refractivity contribution in [1.29, 1.82) is 0 Å². The molecule has 0 spiro atoms. The highest BCUT2D eigenvalue weighted by Crippen LogP contribution is 2.12. The number of nitrogens with zero attached hydrogens (tertiary/aromatic N) is 1. The summed E-state index contributed by atoms with van der Waals surface area (Å²) in [5, 5.41) is 9.09. The van der Waals surface area contributed by atoms with Gasteiger partial charge in [0.1, 0.15) is 5.75 Å². The number of phenolic OH excluding ortho intramolecular Hbond substituents is 1. The van der Waals surface area contributed by atoms with Gasteiger partial charge in [0.25, 0.3) is 5.91 Å². The van der Waals surface area contributed by atoms with Gasteiger partial charge in [0, 0.05) is 18.0 Å². The lowest BCUT2D eigenvalue weighted by atomic mass is 10.2. The first-order chi connectivity index (χ1) is 8.25. The molecule has 0 bridgehead atoms. The number of hydrazine groups is 1. The van der Waals surface area contributed by atoms with Gasteiger partial charge in [0.15, 0.2) is 0 Å². The van der Waals surface area contributed by atoms with Crippen molar-refractivity contribution in [1.82, 2.24) is 10.4 Å². The van der Waals surface area contributed by atoms with Crippen LogP contribution in [0.3, 0.4) is 0 Å². The van der Waals surface area contributed by atoms with Crippen molar-refractivity contribution in [2.75, 3.05) is 5.43 Å². The van der Waals surface area contributed by atoms with E-state index in [1.807, 2.05) is 0 Å². The molecule has 2 aromatic rings. The summed E-state index contributed by atoms with van der Waals surface area (Å²) in [6.07, 6.45) is 3.10. The van der Waals surface area contributed by atoms with Gasteiger partial charge in [0.05, 0.1) is 5.69 Å². The maximum Gasteiger partial charge on any atom is 0.269 e. The van der Waals surface area contributed by atoms with Gasteiger partial charge >= 0.3 is 0 Å². The summed E-state index contributed by atoms with van der Waals surface area (Å²) < 4.78 is 0. The number of pyridine rings is 1. The molecule has 1 aromatic carbocycles. The molecule has 0 saturated heterocycles. The Bertz CT molecular complexity index is 497. The predicted molar refractivity (Wildman–Crippen MR) is 63.4 cm³/mol. The van der Waals surface area contributed by atoms with E-state index >= 15 is 0 Å². The molecule has 0 aliphatic carbocycles. The molecule has 1 aromatic heterocycles. The number of rotatable bonds is 3. The van der Waals surface area contributed by atoms with E-state index < -0.39 is 0 Å². The van der Waals surface area contributed by atoms with Crippen LogP contribution in [0.5, 0.6) is 5.75 Å². The van der Waals surface area contributed by atoms with Gasteiger partial charge in [-0.2, -0.15) is 0 Å². The number of aromatic nitrogens is 1. The fourth-order valence-corrected chi connectivity index (χ4v) is 1.25. The molecule has 1 amide bonds. The molecule has 0 saturated carbocycles. The number of benzene rings is 1. The van der Waals surface area contributed by atoms with Crippen molar-refractivity contribution in [3.63, 3.8) is 0 Å². The predicted octanol–water partition coefficient (Wildman–Crippen LogP) is 1.54. The summed E-state index contributed by atoms with van der Waals surface area (Å²) in [5.74, 6) is -0.0727. The van der Waals surface area contributed by atoms with Crippen LogP contribution in [-0.2, 0) is 0 Å². The topological polar surface area (TPSA) is 74.2 Å². The standard InChI is InChI=1S/C12H11N3O2/c16-11-3-1-10(2-4-11)14-15-12(17)9-5-7-13-8-6-9/h1-8,14,16H,(H,15,17). The smallest absolute Gasteiger partial charge is 0.269 e. The minimum absolute atomic E-state index is 0.177. The number of aromatic hydroxyl groups is 1. The largest absolute Gasteiger partial charge is 0.508 e. The highest BCUT2D eigenvalue weighted by atomic mass is 16.3. The van der Waals surface area contributed by atoms with Crippen LogP contribution in [0.15, 0.2) is 48.8 Å². The molecular weight excluding hydrogens is 218 g/mol. The SMILES string of the molecule is O=C(NNc1ccc(O)cc1)c1ccncc1. The highest BCUT2D eigenvalue weighted by Gasteiger charge is 2.03. The molecule has 0 aliphatic rings. The molecule has 0 radical (unpaired) electrons. The van der Waals surface area contributed by atoms with E-state index in [0.29, 0.717) is 11.3 Å². The van der Waals surface area contributed by atoms with Crippen LogP contribution in [0, 0.1) is 0 Å². The van der Waals surface area contributed by atoms with Crippen molar-refractivity contribution in [2.45, 2.75) is 0 Å². The molecule has 0 unspecified atom stereocenters. The minimum Gasteiger partial charge on any atom is -0.508 e. The van der Waals surface area contributed by atoms with Gasteiger partial charge < -0.3 is 5.11 Å². The number of carbonyl (C=O) groups excluding carboxylic acids is 1. The second-order valence-electron chi connectivity index (χ2n) is 3.36. The van der Waals surface area contributed by atoms with E-state index in [-0.39, 0.29) is 11.7 Å². The van der Waals surface area contributed by atoms with Gasteiger partial charge in [-0.3, -0.25) is 20.6 Å². The summed E-state index contributed by atoms with van der Waals surface area (Å²) in [4.78, 5) is 15.5. The van der Waals surface area contributed by atoms with Crippen LogP contribution in [0.25, 0.3) is 0 Å². The lowest BCUT2D eigenvalue weighted by molar-refractivity contribution is 0.0962. The molecule has 1 heterocycles. The number of anilines is 1. The van der Waals surface area contributed by atoms with Gasteiger partial charge in [-0.1, -0.05) is 0 Å². The maximum absolute atomic E-state index is 11.6. The molecule has 17 heavy (non-hydrogen) atoms. The first-order valence-corrected chi connectivity index (χ1v) is 5.01. The third-order valence-electron chi connectivity index (χ3n) is 2.13. The van der Waals surface area contributed by atoms with Gasteiger partial charge in [0.2, 0.25) is 0 Å². The monoisotopic (exact) mass is 229 g/mol. The Morgan fingerprint density at radius 3 is 2.35 bits per heavy atom. The zero-order chi connectivity index (χ0) is 12.1. The second kappa shape index (κ2) is 4.98. The fraction of sp³-hybridized carbons (Fsp3) is 0. The zero-order valence-electron chi connectivity index (χ0n) is 8.92. The number of carbonyl (C=O) groups is 1. The summed E-state index contributed by atoms with van der Waals surface area (Å²) in [5.41, 5.74) is 6.48. The van der Waals surface area contributed by atoms with E-state index in [2.05, 4.69) is 15.8 Å². The lowest BCUT2D eigenvalue weighted by Gasteiger charge is -2.08. The van der Waals surface area contributed by atoms with Crippen molar-refractivity contribution >= 4 is 11.6 Å². The molecule has 3 N–H and O–H groups in total. The molecule has 0 aliphatic heterocycles. The van der Waals surface area contributed by atoms with E-state index in [1.165, 1.54) is 12.1 Å². The van der Waals surface area contributed by atoms with Crippen LogP contribution in [0.1, 0.15) is 10.4 Å². The molecule has 0 fully saturated rings. The molecule has 5 nitrogen and oxygen atoms in total. The summed E-state index contributed by atoms with van der Waals surface area (Å²) in [6, 6.07) is 9.61. The van der Waals surface area contributed by atoms with Crippen molar-refractivity contribution in [3.05, 3.63) is 54.4 Å². The normalized spacial score (nSPS) is 9.65. The Hall–Kier alpha value is -2.56. The number of amides is 1. The number of hydrogen-bond acceptors (Lipinski definition) is 4. The van der Waals surface area contributed by atoms with Crippen LogP contribution in [-0.4, -0.2) is 16.0 Å².